The van der Waals surface area contributed by atoms with Crippen LogP contribution in [0.5, 0.6) is 0 Å². The Labute approximate surface area is 184 Å². The fraction of sp³-hybridized carbons (Fsp3) is 0.217. The molecule has 0 aliphatic heterocycles. The zero-order valence-corrected chi connectivity index (χ0v) is 17.7. The summed E-state index contributed by atoms with van der Waals surface area (Å²) in [7, 11) is 0. The molecule has 4 rings (SSSR count). The second-order valence-electron chi connectivity index (χ2n) is 7.22. The topological polar surface area (TPSA) is 96.6 Å². The first-order valence-corrected chi connectivity index (χ1v) is 10.3. The van der Waals surface area contributed by atoms with Gasteiger partial charge in [-0.05, 0) is 56.2 Å². The van der Waals surface area contributed by atoms with Crippen molar-refractivity contribution in [2.75, 3.05) is 0 Å². The molecule has 0 saturated heterocycles. The van der Waals surface area contributed by atoms with Gasteiger partial charge in [0.05, 0.1) is 18.0 Å². The largest absolute Gasteiger partial charge is 0.455 e. The van der Waals surface area contributed by atoms with Gasteiger partial charge in [0.1, 0.15) is 5.76 Å². The van der Waals surface area contributed by atoms with Crippen molar-refractivity contribution in [1.82, 2.24) is 15.7 Å². The predicted octanol–water partition coefficient (Wildman–Crippen LogP) is 4.04. The first kappa shape index (κ1) is 20.8. The molecule has 2 aromatic heterocycles. The van der Waals surface area contributed by atoms with Crippen molar-refractivity contribution < 1.29 is 14.0 Å². The Kier molecular flexibility index (Phi) is 6.13. The first-order valence-electron chi connectivity index (χ1n) is 9.96. The van der Waals surface area contributed by atoms with Crippen LogP contribution in [0.1, 0.15) is 56.3 Å². The van der Waals surface area contributed by atoms with Gasteiger partial charge in [-0.3, -0.25) is 14.6 Å². The molecule has 1 aliphatic rings. The molecule has 158 valence electrons. The van der Waals surface area contributed by atoms with Crippen LogP contribution in [-0.2, 0) is 13.0 Å². The smallest absolute Gasteiger partial charge is 0.287 e. The number of carbonyl (C=O) groups is 2. The number of furan rings is 1. The van der Waals surface area contributed by atoms with Crippen molar-refractivity contribution in [2.24, 2.45) is 5.10 Å². The summed E-state index contributed by atoms with van der Waals surface area (Å²) < 4.78 is 5.88. The molecule has 0 fully saturated rings. The molecule has 7 nitrogen and oxygen atoms in total. The van der Waals surface area contributed by atoms with Crippen molar-refractivity contribution >= 4 is 29.1 Å². The Hall–Kier alpha value is -3.45. The maximum Gasteiger partial charge on any atom is 0.287 e. The minimum absolute atomic E-state index is 0.263. The van der Waals surface area contributed by atoms with Crippen molar-refractivity contribution in [1.29, 1.82) is 0 Å². The minimum Gasteiger partial charge on any atom is -0.455 e. The minimum atomic E-state index is -0.328. The fourth-order valence-electron chi connectivity index (χ4n) is 3.53. The lowest BCUT2D eigenvalue weighted by Crippen LogP contribution is -2.24. The van der Waals surface area contributed by atoms with Crippen LogP contribution in [0.3, 0.4) is 0 Å². The highest BCUT2D eigenvalue weighted by molar-refractivity contribution is 6.30. The maximum atomic E-state index is 12.7. The highest BCUT2D eigenvalue weighted by Crippen LogP contribution is 2.30. The summed E-state index contributed by atoms with van der Waals surface area (Å²) in [5.74, 6) is 0.346. The van der Waals surface area contributed by atoms with Gasteiger partial charge < -0.3 is 9.73 Å². The lowest BCUT2D eigenvalue weighted by molar-refractivity contribution is 0.0918. The second kappa shape index (κ2) is 9.14. The van der Waals surface area contributed by atoms with Gasteiger partial charge >= 0.3 is 0 Å². The predicted molar refractivity (Wildman–Crippen MR) is 117 cm³/mol. The molecule has 2 amide bonds. The van der Waals surface area contributed by atoms with Gasteiger partial charge in [0, 0.05) is 34.3 Å². The van der Waals surface area contributed by atoms with Gasteiger partial charge in [-0.15, -0.1) is 0 Å². The summed E-state index contributed by atoms with van der Waals surface area (Å²) in [6, 6.07) is 12.1. The van der Waals surface area contributed by atoms with Crippen molar-refractivity contribution in [3.8, 4) is 0 Å². The summed E-state index contributed by atoms with van der Waals surface area (Å²) in [4.78, 5) is 29.3. The zero-order valence-electron chi connectivity index (χ0n) is 16.9. The summed E-state index contributed by atoms with van der Waals surface area (Å²) in [5.41, 5.74) is 6.03. The molecule has 8 heteroatoms. The van der Waals surface area contributed by atoms with Crippen molar-refractivity contribution in [3.05, 3.63) is 87.6 Å². The molecule has 0 atom stereocenters. The number of halogens is 1. The van der Waals surface area contributed by atoms with Crippen LogP contribution in [0, 0.1) is 6.92 Å². The van der Waals surface area contributed by atoms with E-state index in [4.69, 9.17) is 16.0 Å². The molecule has 0 bridgehead atoms. The van der Waals surface area contributed by atoms with Crippen LogP contribution in [0.25, 0.3) is 0 Å². The van der Waals surface area contributed by atoms with Crippen LogP contribution in [0.15, 0.2) is 58.2 Å². The molecule has 31 heavy (non-hydrogen) atoms. The number of aryl methyl sites for hydroxylation is 1. The molecular formula is C23H21ClN4O3. The van der Waals surface area contributed by atoms with E-state index in [1.165, 1.54) is 0 Å². The number of pyridine rings is 1. The highest BCUT2D eigenvalue weighted by atomic mass is 35.5. The van der Waals surface area contributed by atoms with Gasteiger partial charge in [0.25, 0.3) is 11.8 Å². The Bertz CT molecular complexity index is 1140. The molecule has 3 aromatic rings. The van der Waals surface area contributed by atoms with E-state index in [1.54, 1.807) is 30.5 Å². The fourth-order valence-corrected chi connectivity index (χ4v) is 3.66. The van der Waals surface area contributed by atoms with Crippen LogP contribution < -0.4 is 10.7 Å². The summed E-state index contributed by atoms with van der Waals surface area (Å²) in [5, 5.41) is 7.73. The number of benzene rings is 1. The van der Waals surface area contributed by atoms with E-state index < -0.39 is 0 Å². The highest BCUT2D eigenvalue weighted by Gasteiger charge is 2.28. The molecular weight excluding hydrogens is 416 g/mol. The van der Waals surface area contributed by atoms with E-state index in [1.807, 2.05) is 25.1 Å². The molecule has 0 radical (unpaired) electrons. The number of carbonyl (C=O) groups excluding carboxylic acids is 2. The summed E-state index contributed by atoms with van der Waals surface area (Å²) in [6.07, 6.45) is 3.90. The number of nitrogens with one attached hydrogen (secondary N) is 2. The van der Waals surface area contributed by atoms with Crippen LogP contribution >= 0.6 is 11.6 Å². The molecule has 1 aliphatic carbocycles. The van der Waals surface area contributed by atoms with Gasteiger partial charge in [-0.25, -0.2) is 5.43 Å². The third kappa shape index (κ3) is 4.67. The molecule has 0 saturated carbocycles. The van der Waals surface area contributed by atoms with E-state index in [-0.39, 0.29) is 17.6 Å². The summed E-state index contributed by atoms with van der Waals surface area (Å²) in [6.45, 7) is 2.14. The third-order valence-electron chi connectivity index (χ3n) is 5.09. The second-order valence-corrected chi connectivity index (χ2v) is 7.65. The lowest BCUT2D eigenvalue weighted by atomic mass is 9.93. The molecule has 2 N–H and O–H groups in total. The first-order chi connectivity index (χ1) is 15.0. The van der Waals surface area contributed by atoms with Gasteiger partial charge in [-0.1, -0.05) is 17.7 Å². The average molecular weight is 437 g/mol. The SMILES string of the molecule is Cc1c(C(=O)NCc2ccccn2)oc2c1/C(=N/NC(=O)c1ccc(Cl)cc1)CCC2. The van der Waals surface area contributed by atoms with Crippen molar-refractivity contribution in [2.45, 2.75) is 32.7 Å². The number of nitrogens with zero attached hydrogens (tertiary/aromatic N) is 2. The Balaban J connectivity index is 1.51. The number of amides is 2. The standard InChI is InChI=1S/C23H21ClN4O3/c1-14-20-18(27-28-22(29)15-8-10-16(24)11-9-15)6-4-7-19(20)31-21(14)23(30)26-13-17-5-2-3-12-25-17/h2-3,5,8-12H,4,6-7,13H2,1H3,(H,26,30)(H,28,29)/b27-18+. The Morgan fingerprint density at radius 2 is 1.94 bits per heavy atom. The van der Waals surface area contributed by atoms with E-state index in [0.29, 0.717) is 47.0 Å². The van der Waals surface area contributed by atoms with Crippen LogP contribution in [0.2, 0.25) is 5.02 Å². The quantitative estimate of drug-likeness (QED) is 0.590. The number of hydrogen-bond donors (Lipinski definition) is 2. The van der Waals surface area contributed by atoms with E-state index in [2.05, 4.69) is 20.8 Å². The lowest BCUT2D eigenvalue weighted by Gasteiger charge is -2.13. The molecule has 1 aromatic carbocycles. The van der Waals surface area contributed by atoms with Gasteiger partial charge in [0.15, 0.2) is 5.76 Å². The Morgan fingerprint density at radius 3 is 2.68 bits per heavy atom. The third-order valence-corrected chi connectivity index (χ3v) is 5.34. The average Bonchev–Trinajstić information content (AvgIpc) is 3.14. The molecule has 2 heterocycles. The van der Waals surface area contributed by atoms with Crippen molar-refractivity contribution in [3.63, 3.8) is 0 Å². The number of aromatic nitrogens is 1. The van der Waals surface area contributed by atoms with E-state index in [9.17, 15) is 9.59 Å². The number of hydrogen-bond acceptors (Lipinski definition) is 5. The number of fused-ring (bicyclic) bond motifs is 1. The molecule has 0 spiro atoms. The van der Waals surface area contributed by atoms with Gasteiger partial charge in [0.2, 0.25) is 0 Å². The summed E-state index contributed by atoms with van der Waals surface area (Å²) >= 11 is 5.87. The molecule has 0 unspecified atom stereocenters. The van der Waals surface area contributed by atoms with Crippen LogP contribution in [0.4, 0.5) is 0 Å². The normalized spacial score (nSPS) is 14.2. The van der Waals surface area contributed by atoms with E-state index >= 15 is 0 Å². The monoisotopic (exact) mass is 436 g/mol. The number of rotatable bonds is 5. The maximum absolute atomic E-state index is 12.7. The zero-order chi connectivity index (χ0) is 21.8. The number of hydrazone groups is 1. The van der Waals surface area contributed by atoms with Crippen LogP contribution in [-0.4, -0.2) is 22.5 Å². The Morgan fingerprint density at radius 1 is 1.13 bits per heavy atom. The van der Waals surface area contributed by atoms with E-state index in [0.717, 1.165) is 17.7 Å². The van der Waals surface area contributed by atoms with Gasteiger partial charge in [-0.2, -0.15) is 5.10 Å².